The molecule has 1 fully saturated rings. The van der Waals surface area contributed by atoms with Gasteiger partial charge in [0.05, 0.1) is 22.4 Å². The second-order valence-corrected chi connectivity index (χ2v) is 7.17. The van der Waals surface area contributed by atoms with Gasteiger partial charge in [-0.1, -0.05) is 23.7 Å². The maximum absolute atomic E-state index is 12.1. The van der Waals surface area contributed by atoms with Crippen LogP contribution in [0.4, 0.5) is 5.69 Å². The van der Waals surface area contributed by atoms with E-state index >= 15 is 0 Å². The standard InChI is InChI=1S/C17H19ClN2O2S/c18-16-6-5-15(23-16)17(21)19-14-3-1-13(2-4-14)7-8-20-9-11-22-12-10-20/h1-6H,7-12H2,(H,19,21). The zero-order valence-corrected chi connectivity index (χ0v) is 14.3. The third-order valence-corrected chi connectivity index (χ3v) is 5.06. The maximum Gasteiger partial charge on any atom is 0.265 e. The van der Waals surface area contributed by atoms with Crippen LogP contribution in [-0.4, -0.2) is 43.7 Å². The molecular weight excluding hydrogens is 332 g/mol. The highest BCUT2D eigenvalue weighted by atomic mass is 35.5. The topological polar surface area (TPSA) is 41.6 Å². The van der Waals surface area contributed by atoms with Crippen LogP contribution in [0.1, 0.15) is 15.2 Å². The molecule has 0 atom stereocenters. The Balaban J connectivity index is 1.51. The number of hydrogen-bond acceptors (Lipinski definition) is 4. The van der Waals surface area contributed by atoms with Crippen LogP contribution in [-0.2, 0) is 11.2 Å². The molecule has 0 aliphatic carbocycles. The first-order valence-electron chi connectivity index (χ1n) is 7.66. The normalized spacial score (nSPS) is 15.5. The van der Waals surface area contributed by atoms with Crippen LogP contribution in [0, 0.1) is 0 Å². The first-order valence-corrected chi connectivity index (χ1v) is 8.86. The summed E-state index contributed by atoms with van der Waals surface area (Å²) in [6.45, 7) is 4.73. The lowest BCUT2D eigenvalue weighted by molar-refractivity contribution is 0.0384. The fourth-order valence-corrected chi connectivity index (χ4v) is 3.43. The molecule has 23 heavy (non-hydrogen) atoms. The van der Waals surface area contributed by atoms with E-state index in [0.717, 1.165) is 45.0 Å². The molecule has 6 heteroatoms. The minimum absolute atomic E-state index is 0.122. The van der Waals surface area contributed by atoms with Crippen molar-refractivity contribution in [2.45, 2.75) is 6.42 Å². The van der Waals surface area contributed by atoms with Crippen molar-refractivity contribution < 1.29 is 9.53 Å². The van der Waals surface area contributed by atoms with Gasteiger partial charge in [-0.2, -0.15) is 0 Å². The van der Waals surface area contributed by atoms with Crippen molar-refractivity contribution in [3.8, 4) is 0 Å². The third kappa shape index (κ3) is 4.78. The fourth-order valence-electron chi connectivity index (χ4n) is 2.50. The van der Waals surface area contributed by atoms with Crippen molar-refractivity contribution in [3.05, 3.63) is 51.2 Å². The number of nitrogens with one attached hydrogen (secondary N) is 1. The summed E-state index contributed by atoms with van der Waals surface area (Å²) in [5.41, 5.74) is 2.07. The molecule has 0 saturated carbocycles. The first-order chi connectivity index (χ1) is 11.2. The van der Waals surface area contributed by atoms with E-state index in [4.69, 9.17) is 16.3 Å². The number of rotatable bonds is 5. The number of halogens is 1. The van der Waals surface area contributed by atoms with Crippen molar-refractivity contribution in [2.75, 3.05) is 38.2 Å². The molecule has 0 bridgehead atoms. The summed E-state index contributed by atoms with van der Waals surface area (Å²) in [5, 5.41) is 2.89. The molecule has 2 heterocycles. The van der Waals surface area contributed by atoms with E-state index < -0.39 is 0 Å². The van der Waals surface area contributed by atoms with Crippen LogP contribution in [0.3, 0.4) is 0 Å². The second kappa shape index (κ2) is 7.93. The molecular formula is C17H19ClN2O2S. The second-order valence-electron chi connectivity index (χ2n) is 5.46. The quantitative estimate of drug-likeness (QED) is 0.897. The Kier molecular flexibility index (Phi) is 5.67. The van der Waals surface area contributed by atoms with Crippen LogP contribution < -0.4 is 5.32 Å². The molecule has 122 valence electrons. The minimum Gasteiger partial charge on any atom is -0.379 e. The largest absolute Gasteiger partial charge is 0.379 e. The summed E-state index contributed by atoms with van der Waals surface area (Å²) >= 11 is 7.13. The van der Waals surface area contributed by atoms with Crippen LogP contribution >= 0.6 is 22.9 Å². The number of thiophene rings is 1. The molecule has 1 aromatic heterocycles. The molecule has 0 unspecified atom stereocenters. The zero-order valence-electron chi connectivity index (χ0n) is 12.8. The summed E-state index contributed by atoms with van der Waals surface area (Å²) in [5.74, 6) is -0.122. The van der Waals surface area contributed by atoms with E-state index in [2.05, 4.69) is 22.3 Å². The van der Waals surface area contributed by atoms with E-state index in [1.807, 2.05) is 12.1 Å². The van der Waals surface area contributed by atoms with Crippen molar-refractivity contribution in [3.63, 3.8) is 0 Å². The Bertz CT molecular complexity index is 651. The molecule has 1 saturated heterocycles. The molecule has 0 spiro atoms. The van der Waals surface area contributed by atoms with Crippen LogP contribution in [0.25, 0.3) is 0 Å². The predicted molar refractivity (Wildman–Crippen MR) is 94.7 cm³/mol. The molecule has 4 nitrogen and oxygen atoms in total. The number of carbonyl (C=O) groups excluding carboxylic acids is 1. The smallest absolute Gasteiger partial charge is 0.265 e. The molecule has 2 aromatic rings. The highest BCUT2D eigenvalue weighted by Gasteiger charge is 2.11. The van der Waals surface area contributed by atoms with Gasteiger partial charge in [-0.15, -0.1) is 11.3 Å². The van der Waals surface area contributed by atoms with Crippen molar-refractivity contribution in [1.29, 1.82) is 0 Å². The Morgan fingerprint density at radius 3 is 2.57 bits per heavy atom. The van der Waals surface area contributed by atoms with Crippen LogP contribution in [0.5, 0.6) is 0 Å². The van der Waals surface area contributed by atoms with Crippen molar-refractivity contribution >= 4 is 34.5 Å². The Labute approximate surface area is 145 Å². The summed E-state index contributed by atoms with van der Waals surface area (Å²) in [6, 6.07) is 11.5. The first kappa shape index (κ1) is 16.5. The molecule has 1 aromatic carbocycles. The maximum atomic E-state index is 12.1. The average Bonchev–Trinajstić information content (AvgIpc) is 3.02. The molecule has 3 rings (SSSR count). The molecule has 0 radical (unpaired) electrons. The van der Waals surface area contributed by atoms with E-state index in [0.29, 0.717) is 9.21 Å². The van der Waals surface area contributed by atoms with Crippen LogP contribution in [0.15, 0.2) is 36.4 Å². The summed E-state index contributed by atoms with van der Waals surface area (Å²) in [6.07, 6.45) is 1.01. The Morgan fingerprint density at radius 2 is 1.91 bits per heavy atom. The lowest BCUT2D eigenvalue weighted by atomic mass is 10.1. The Hall–Kier alpha value is -1.40. The number of amides is 1. The lowest BCUT2D eigenvalue weighted by Crippen LogP contribution is -2.37. The van der Waals surface area contributed by atoms with Crippen molar-refractivity contribution in [1.82, 2.24) is 4.90 Å². The van der Waals surface area contributed by atoms with Gasteiger partial charge in [-0.05, 0) is 36.2 Å². The Morgan fingerprint density at radius 1 is 1.17 bits per heavy atom. The van der Waals surface area contributed by atoms with E-state index in [1.165, 1.54) is 16.9 Å². The summed E-state index contributed by atoms with van der Waals surface area (Å²) in [4.78, 5) is 15.1. The van der Waals surface area contributed by atoms with Gasteiger partial charge < -0.3 is 10.1 Å². The van der Waals surface area contributed by atoms with E-state index in [-0.39, 0.29) is 5.91 Å². The number of carbonyl (C=O) groups is 1. The summed E-state index contributed by atoms with van der Waals surface area (Å²) < 4.78 is 5.97. The van der Waals surface area contributed by atoms with Gasteiger partial charge in [-0.25, -0.2) is 0 Å². The molecule has 1 N–H and O–H groups in total. The average molecular weight is 351 g/mol. The highest BCUT2D eigenvalue weighted by molar-refractivity contribution is 7.18. The lowest BCUT2D eigenvalue weighted by Gasteiger charge is -2.26. The number of hydrogen-bond donors (Lipinski definition) is 1. The fraction of sp³-hybridized carbons (Fsp3) is 0.353. The number of nitrogens with zero attached hydrogens (tertiary/aromatic N) is 1. The minimum atomic E-state index is -0.122. The van der Waals surface area contributed by atoms with E-state index in [9.17, 15) is 4.79 Å². The van der Waals surface area contributed by atoms with E-state index in [1.54, 1.807) is 12.1 Å². The number of morpholine rings is 1. The third-order valence-electron chi connectivity index (χ3n) is 3.83. The van der Waals surface area contributed by atoms with Gasteiger partial charge in [0.2, 0.25) is 0 Å². The van der Waals surface area contributed by atoms with Crippen molar-refractivity contribution in [2.24, 2.45) is 0 Å². The molecule has 1 aliphatic rings. The van der Waals surface area contributed by atoms with Crippen LogP contribution in [0.2, 0.25) is 4.34 Å². The monoisotopic (exact) mass is 350 g/mol. The van der Waals surface area contributed by atoms with Gasteiger partial charge in [0, 0.05) is 25.3 Å². The predicted octanol–water partition coefficient (Wildman–Crippen LogP) is 3.53. The van der Waals surface area contributed by atoms with Gasteiger partial charge >= 0.3 is 0 Å². The number of benzene rings is 1. The summed E-state index contributed by atoms with van der Waals surface area (Å²) in [7, 11) is 0. The van der Waals surface area contributed by atoms with Gasteiger partial charge in [0.15, 0.2) is 0 Å². The SMILES string of the molecule is O=C(Nc1ccc(CCN2CCOCC2)cc1)c1ccc(Cl)s1. The highest BCUT2D eigenvalue weighted by Crippen LogP contribution is 2.22. The zero-order chi connectivity index (χ0) is 16.1. The number of anilines is 1. The van der Waals surface area contributed by atoms with Gasteiger partial charge in [0.1, 0.15) is 0 Å². The number of ether oxygens (including phenoxy) is 1. The van der Waals surface area contributed by atoms with Gasteiger partial charge in [0.25, 0.3) is 5.91 Å². The molecule has 1 amide bonds. The molecule has 1 aliphatic heterocycles. The van der Waals surface area contributed by atoms with Gasteiger partial charge in [-0.3, -0.25) is 9.69 Å².